The summed E-state index contributed by atoms with van der Waals surface area (Å²) in [5.74, 6) is -7.20. The lowest BCUT2D eigenvalue weighted by Gasteiger charge is -2.12. The van der Waals surface area contributed by atoms with Crippen molar-refractivity contribution in [1.29, 1.82) is 0 Å². The van der Waals surface area contributed by atoms with Crippen LogP contribution >= 0.6 is 0 Å². The van der Waals surface area contributed by atoms with Crippen molar-refractivity contribution in [1.82, 2.24) is 0 Å². The van der Waals surface area contributed by atoms with Gasteiger partial charge in [-0.05, 0) is 12.1 Å². The highest BCUT2D eigenvalue weighted by atomic mass is 19.2. The Balaban J connectivity index is 1.84. The number of rotatable bonds is 3. The van der Waals surface area contributed by atoms with Gasteiger partial charge in [0.05, 0.1) is 0 Å². The number of hydrogen-bond donors (Lipinski definition) is 0. The molecule has 0 aliphatic carbocycles. The molecule has 0 saturated carbocycles. The molecule has 0 unspecified atom stereocenters. The van der Waals surface area contributed by atoms with E-state index in [4.69, 9.17) is 0 Å². The van der Waals surface area contributed by atoms with Crippen LogP contribution in [0.2, 0.25) is 0 Å². The summed E-state index contributed by atoms with van der Waals surface area (Å²) < 4.78 is 86.6. The average Bonchev–Trinajstić information content (AvgIpc) is 2.74. The van der Waals surface area contributed by atoms with Gasteiger partial charge >= 0.3 is 0 Å². The van der Waals surface area contributed by atoms with E-state index in [1.807, 2.05) is 0 Å². The second kappa shape index (κ2) is 7.71. The topological polar surface area (TPSA) is 0 Å². The van der Waals surface area contributed by atoms with Crippen LogP contribution in [0.5, 0.6) is 0 Å². The molecule has 4 rings (SSSR count). The number of hydrogen-bond acceptors (Lipinski definition) is 0. The SMILES string of the molecule is Fc1ccccc1-c1ccc(-c2ccc(-c3ccccc3F)c(F)c2F)c(F)c1F. The smallest absolute Gasteiger partial charge is 0.167 e. The van der Waals surface area contributed by atoms with Crippen LogP contribution in [0, 0.1) is 34.9 Å². The van der Waals surface area contributed by atoms with Gasteiger partial charge in [-0.1, -0.05) is 60.7 Å². The molecule has 4 aromatic carbocycles. The normalized spacial score (nSPS) is 11.0. The first-order chi connectivity index (χ1) is 14.4. The Hall–Kier alpha value is -3.54. The van der Waals surface area contributed by atoms with E-state index in [1.165, 1.54) is 36.4 Å². The van der Waals surface area contributed by atoms with Crippen molar-refractivity contribution in [2.24, 2.45) is 0 Å². The Morgan fingerprint density at radius 1 is 0.300 bits per heavy atom. The Bertz CT molecular complexity index is 1160. The van der Waals surface area contributed by atoms with Crippen LogP contribution in [0.3, 0.4) is 0 Å². The van der Waals surface area contributed by atoms with E-state index in [2.05, 4.69) is 0 Å². The highest BCUT2D eigenvalue weighted by Gasteiger charge is 2.23. The molecule has 0 heterocycles. The van der Waals surface area contributed by atoms with Crippen LogP contribution in [0.1, 0.15) is 0 Å². The van der Waals surface area contributed by atoms with Crippen molar-refractivity contribution in [3.05, 3.63) is 108 Å². The molecule has 0 aliphatic rings. The number of halogens is 6. The van der Waals surface area contributed by atoms with Gasteiger partial charge in [0.2, 0.25) is 0 Å². The summed E-state index contributed by atoms with van der Waals surface area (Å²) in [6, 6.07) is 14.7. The third-order valence-corrected chi connectivity index (χ3v) is 4.78. The standard InChI is InChI=1S/C24H12F6/c25-19-7-3-1-5-13(19)15-9-11-17(23(29)21(15)27)18-12-10-16(22(28)24(18)30)14-6-2-4-8-20(14)26/h1-12H. The summed E-state index contributed by atoms with van der Waals surface area (Å²) in [7, 11) is 0. The third kappa shape index (κ3) is 3.24. The van der Waals surface area contributed by atoms with E-state index in [0.29, 0.717) is 0 Å². The molecular weight excluding hydrogens is 402 g/mol. The van der Waals surface area contributed by atoms with Crippen molar-refractivity contribution in [2.45, 2.75) is 0 Å². The molecule has 0 saturated heterocycles. The van der Waals surface area contributed by atoms with Crippen LogP contribution in [0.15, 0.2) is 72.8 Å². The van der Waals surface area contributed by atoms with Crippen molar-refractivity contribution < 1.29 is 26.3 Å². The molecule has 0 radical (unpaired) electrons. The minimum Gasteiger partial charge on any atom is -0.206 e. The molecule has 0 bridgehead atoms. The minimum atomic E-state index is -1.45. The van der Waals surface area contributed by atoms with Gasteiger partial charge < -0.3 is 0 Å². The molecule has 0 aromatic heterocycles. The van der Waals surface area contributed by atoms with Gasteiger partial charge in [-0.25, -0.2) is 26.3 Å². The molecule has 0 N–H and O–H groups in total. The summed E-state index contributed by atoms with van der Waals surface area (Å²) in [6.07, 6.45) is 0. The molecule has 0 aliphatic heterocycles. The van der Waals surface area contributed by atoms with Gasteiger partial charge in [0.25, 0.3) is 0 Å². The van der Waals surface area contributed by atoms with E-state index in [1.54, 1.807) is 0 Å². The second-order valence-electron chi connectivity index (χ2n) is 6.54. The van der Waals surface area contributed by atoms with Crippen LogP contribution < -0.4 is 0 Å². The summed E-state index contributed by atoms with van der Waals surface area (Å²) in [5, 5.41) is 0. The lowest BCUT2D eigenvalue weighted by Crippen LogP contribution is -1.99. The lowest BCUT2D eigenvalue weighted by atomic mass is 9.95. The summed E-state index contributed by atoms with van der Waals surface area (Å²) in [4.78, 5) is 0. The van der Waals surface area contributed by atoms with Crippen LogP contribution in [-0.4, -0.2) is 0 Å². The molecule has 6 heteroatoms. The summed E-state index contributed by atoms with van der Waals surface area (Å²) in [6.45, 7) is 0. The van der Waals surface area contributed by atoms with Gasteiger partial charge in [-0.15, -0.1) is 0 Å². The van der Waals surface area contributed by atoms with Crippen LogP contribution in [0.25, 0.3) is 33.4 Å². The van der Waals surface area contributed by atoms with Crippen LogP contribution in [0.4, 0.5) is 26.3 Å². The summed E-state index contributed by atoms with van der Waals surface area (Å²) in [5.41, 5.74) is -2.10. The fourth-order valence-corrected chi connectivity index (χ4v) is 3.29. The molecule has 30 heavy (non-hydrogen) atoms. The van der Waals surface area contributed by atoms with Crippen molar-refractivity contribution in [3.8, 4) is 33.4 Å². The van der Waals surface area contributed by atoms with Crippen LogP contribution in [-0.2, 0) is 0 Å². The molecule has 0 amide bonds. The maximum absolute atomic E-state index is 14.7. The highest BCUT2D eigenvalue weighted by Crippen LogP contribution is 2.36. The Morgan fingerprint density at radius 3 is 0.867 bits per heavy atom. The van der Waals surface area contributed by atoms with Gasteiger partial charge in [-0.2, -0.15) is 0 Å². The summed E-state index contributed by atoms with van der Waals surface area (Å²) >= 11 is 0. The monoisotopic (exact) mass is 414 g/mol. The maximum Gasteiger partial charge on any atom is 0.167 e. The van der Waals surface area contributed by atoms with E-state index < -0.39 is 46.0 Å². The quantitative estimate of drug-likeness (QED) is 0.304. The van der Waals surface area contributed by atoms with Gasteiger partial charge in [0, 0.05) is 33.4 Å². The average molecular weight is 414 g/mol. The zero-order valence-electron chi connectivity index (χ0n) is 15.2. The molecule has 0 nitrogen and oxygen atoms in total. The predicted octanol–water partition coefficient (Wildman–Crippen LogP) is 7.52. The molecule has 0 spiro atoms. The third-order valence-electron chi connectivity index (χ3n) is 4.78. The molecular formula is C24H12F6. The first kappa shape index (κ1) is 19.8. The fraction of sp³-hybridized carbons (Fsp3) is 0. The molecule has 0 atom stereocenters. The molecule has 0 fully saturated rings. The van der Waals surface area contributed by atoms with E-state index >= 15 is 0 Å². The fourth-order valence-electron chi connectivity index (χ4n) is 3.29. The maximum atomic E-state index is 14.7. The van der Waals surface area contributed by atoms with Gasteiger partial charge in [0.15, 0.2) is 23.3 Å². The number of benzene rings is 4. The first-order valence-corrected chi connectivity index (χ1v) is 8.86. The van der Waals surface area contributed by atoms with Gasteiger partial charge in [0.1, 0.15) is 11.6 Å². The van der Waals surface area contributed by atoms with Crippen molar-refractivity contribution >= 4 is 0 Å². The first-order valence-electron chi connectivity index (χ1n) is 8.86. The van der Waals surface area contributed by atoms with Gasteiger partial charge in [-0.3, -0.25) is 0 Å². The Morgan fingerprint density at radius 2 is 0.567 bits per heavy atom. The Kier molecular flexibility index (Phi) is 5.08. The second-order valence-corrected chi connectivity index (χ2v) is 6.54. The zero-order chi connectivity index (χ0) is 21.4. The molecule has 4 aromatic rings. The lowest BCUT2D eigenvalue weighted by molar-refractivity contribution is 0.503. The highest BCUT2D eigenvalue weighted by molar-refractivity contribution is 5.75. The van der Waals surface area contributed by atoms with E-state index in [-0.39, 0.29) is 22.3 Å². The Labute approximate surface area is 168 Å². The van der Waals surface area contributed by atoms with Crippen molar-refractivity contribution in [2.75, 3.05) is 0 Å². The van der Waals surface area contributed by atoms with E-state index in [9.17, 15) is 26.3 Å². The predicted molar refractivity (Wildman–Crippen MR) is 102 cm³/mol. The van der Waals surface area contributed by atoms with E-state index in [0.717, 1.165) is 36.4 Å². The minimum absolute atomic E-state index is 0.165. The largest absolute Gasteiger partial charge is 0.206 e. The zero-order valence-corrected chi connectivity index (χ0v) is 15.2. The molecule has 150 valence electrons. The van der Waals surface area contributed by atoms with Crippen molar-refractivity contribution in [3.63, 3.8) is 0 Å².